The van der Waals surface area contributed by atoms with Gasteiger partial charge in [0.2, 0.25) is 5.75 Å². The maximum Gasteiger partial charge on any atom is 0.303 e. The van der Waals surface area contributed by atoms with E-state index >= 15 is 0 Å². The highest BCUT2D eigenvalue weighted by Gasteiger charge is 2.52. The van der Waals surface area contributed by atoms with E-state index in [-0.39, 0.29) is 13.2 Å². The van der Waals surface area contributed by atoms with Crippen molar-refractivity contribution in [2.45, 2.75) is 58.4 Å². The third kappa shape index (κ3) is 9.14. The quantitative estimate of drug-likeness (QED) is 0.273. The van der Waals surface area contributed by atoms with Crippen LogP contribution in [0.15, 0.2) is 18.2 Å². The fourth-order valence-electron chi connectivity index (χ4n) is 3.86. The third-order valence-corrected chi connectivity index (χ3v) is 5.30. The van der Waals surface area contributed by atoms with Crippen LogP contribution in [0.2, 0.25) is 0 Å². The zero-order valence-electron chi connectivity index (χ0n) is 22.9. The van der Waals surface area contributed by atoms with Gasteiger partial charge in [0.25, 0.3) is 0 Å². The molecule has 0 spiro atoms. The molecule has 1 aliphatic rings. The normalized spacial score (nSPS) is 22.5. The van der Waals surface area contributed by atoms with Crippen LogP contribution in [0.4, 0.5) is 0 Å². The molecule has 0 amide bonds. The topological polar surface area (TPSA) is 151 Å². The van der Waals surface area contributed by atoms with Gasteiger partial charge >= 0.3 is 23.9 Å². The molecule has 3 unspecified atom stereocenters. The summed E-state index contributed by atoms with van der Waals surface area (Å²) < 4.78 is 48.9. The summed E-state index contributed by atoms with van der Waals surface area (Å²) in [5.74, 6) is -1.44. The zero-order valence-corrected chi connectivity index (χ0v) is 22.9. The molecule has 0 radical (unpaired) electrons. The predicted octanol–water partition coefficient (Wildman–Crippen LogP) is 1.83. The highest BCUT2D eigenvalue weighted by molar-refractivity contribution is 5.69. The zero-order chi connectivity index (χ0) is 29.1. The summed E-state index contributed by atoms with van der Waals surface area (Å²) >= 11 is 0. The van der Waals surface area contributed by atoms with Crippen molar-refractivity contribution in [2.75, 3.05) is 34.5 Å². The van der Waals surface area contributed by atoms with Crippen LogP contribution in [-0.2, 0) is 47.6 Å². The molecule has 13 nitrogen and oxygen atoms in total. The van der Waals surface area contributed by atoms with Crippen molar-refractivity contribution in [1.82, 2.24) is 0 Å². The number of ether oxygens (including phenoxy) is 9. The van der Waals surface area contributed by atoms with E-state index in [2.05, 4.69) is 0 Å². The molecule has 2 rings (SSSR count). The van der Waals surface area contributed by atoms with Crippen molar-refractivity contribution in [1.29, 1.82) is 0 Å². The summed E-state index contributed by atoms with van der Waals surface area (Å²) in [7, 11) is 4.49. The molecule has 1 saturated heterocycles. The summed E-state index contributed by atoms with van der Waals surface area (Å²) in [5.41, 5.74) is 0.703. The van der Waals surface area contributed by atoms with Gasteiger partial charge in [0.1, 0.15) is 12.7 Å². The average molecular weight is 555 g/mol. The molecule has 0 aliphatic carbocycles. The highest BCUT2D eigenvalue weighted by Crippen LogP contribution is 2.38. The van der Waals surface area contributed by atoms with Crippen LogP contribution in [0.5, 0.6) is 17.2 Å². The summed E-state index contributed by atoms with van der Waals surface area (Å²) in [6.07, 6.45) is -2.89. The van der Waals surface area contributed by atoms with Crippen LogP contribution in [0.1, 0.15) is 33.3 Å². The molecule has 1 aromatic carbocycles. The van der Waals surface area contributed by atoms with Crippen LogP contribution in [0.25, 0.3) is 6.08 Å². The molecule has 13 heteroatoms. The van der Waals surface area contributed by atoms with E-state index in [4.69, 9.17) is 42.6 Å². The lowest BCUT2D eigenvalue weighted by atomic mass is 9.98. The molecule has 1 aromatic rings. The fraction of sp³-hybridized carbons (Fsp3) is 0.538. The van der Waals surface area contributed by atoms with Gasteiger partial charge in [0, 0.05) is 27.7 Å². The summed E-state index contributed by atoms with van der Waals surface area (Å²) in [6.45, 7) is 4.23. The largest absolute Gasteiger partial charge is 0.493 e. The molecule has 1 heterocycles. The second-order valence-corrected chi connectivity index (χ2v) is 8.26. The number of carbonyl (C=O) groups is 4. The second kappa shape index (κ2) is 14.9. The number of carbonyl (C=O) groups excluding carboxylic acids is 4. The van der Waals surface area contributed by atoms with Crippen molar-refractivity contribution < 1.29 is 61.8 Å². The van der Waals surface area contributed by atoms with Crippen molar-refractivity contribution in [3.05, 3.63) is 23.8 Å². The first-order valence-electron chi connectivity index (χ1n) is 11.9. The maximum absolute atomic E-state index is 11.9. The minimum atomic E-state index is -1.31. The smallest absolute Gasteiger partial charge is 0.303 e. The lowest BCUT2D eigenvalue weighted by Crippen LogP contribution is -2.62. The molecule has 216 valence electrons. The average Bonchev–Trinajstić information content (AvgIpc) is 2.86. The van der Waals surface area contributed by atoms with E-state index in [9.17, 15) is 19.2 Å². The Hall–Kier alpha value is -3.84. The van der Waals surface area contributed by atoms with Gasteiger partial charge in [-0.3, -0.25) is 19.2 Å². The molecular formula is C26H34O13. The van der Waals surface area contributed by atoms with E-state index in [0.717, 1.165) is 20.8 Å². The summed E-state index contributed by atoms with van der Waals surface area (Å²) in [6, 6.07) is 3.46. The minimum absolute atomic E-state index is 0.0512. The Morgan fingerprint density at radius 2 is 1.31 bits per heavy atom. The summed E-state index contributed by atoms with van der Waals surface area (Å²) in [4.78, 5) is 47.1. The van der Waals surface area contributed by atoms with E-state index in [1.165, 1.54) is 28.3 Å². The fourth-order valence-corrected chi connectivity index (χ4v) is 3.86. The van der Waals surface area contributed by atoms with Crippen LogP contribution in [-0.4, -0.2) is 89.1 Å². The lowest BCUT2D eigenvalue weighted by molar-refractivity contribution is -0.305. The lowest BCUT2D eigenvalue weighted by Gasteiger charge is -2.43. The Morgan fingerprint density at radius 1 is 0.769 bits per heavy atom. The molecular weight excluding hydrogens is 520 g/mol. The second-order valence-electron chi connectivity index (χ2n) is 8.26. The minimum Gasteiger partial charge on any atom is -0.493 e. The first kappa shape index (κ1) is 31.4. The first-order chi connectivity index (χ1) is 18.5. The SMILES string of the molecule is COc1cc(/C=C/CO[C@@H]2OC(COC(C)=O)[C@@H](OC(C)=O)C(OC(C)=O)C2OC(C)=O)cc(OC)c1OC. The van der Waals surface area contributed by atoms with Crippen molar-refractivity contribution in [3.63, 3.8) is 0 Å². The molecule has 39 heavy (non-hydrogen) atoms. The predicted molar refractivity (Wildman–Crippen MR) is 133 cm³/mol. The number of hydrogen-bond acceptors (Lipinski definition) is 13. The van der Waals surface area contributed by atoms with Gasteiger partial charge in [-0.15, -0.1) is 0 Å². The molecule has 0 saturated carbocycles. The van der Waals surface area contributed by atoms with E-state index < -0.39 is 54.6 Å². The Morgan fingerprint density at radius 3 is 1.79 bits per heavy atom. The first-order valence-corrected chi connectivity index (χ1v) is 11.9. The molecule has 1 aliphatic heterocycles. The highest BCUT2D eigenvalue weighted by atomic mass is 16.7. The number of rotatable bonds is 12. The van der Waals surface area contributed by atoms with Crippen molar-refractivity contribution in [3.8, 4) is 17.2 Å². The Bertz CT molecular complexity index is 1030. The van der Waals surface area contributed by atoms with Crippen molar-refractivity contribution in [2.24, 2.45) is 0 Å². The number of esters is 4. The van der Waals surface area contributed by atoms with Gasteiger partial charge in [-0.2, -0.15) is 0 Å². The van der Waals surface area contributed by atoms with Gasteiger partial charge in [-0.25, -0.2) is 0 Å². The molecule has 0 N–H and O–H groups in total. The number of methoxy groups -OCH3 is 3. The van der Waals surface area contributed by atoms with Gasteiger partial charge in [-0.05, 0) is 17.7 Å². The van der Waals surface area contributed by atoms with E-state index in [1.54, 1.807) is 24.3 Å². The molecule has 0 aromatic heterocycles. The molecule has 5 atom stereocenters. The number of hydrogen-bond donors (Lipinski definition) is 0. The van der Waals surface area contributed by atoms with E-state index in [0.29, 0.717) is 22.8 Å². The van der Waals surface area contributed by atoms with Crippen LogP contribution < -0.4 is 14.2 Å². The molecule has 1 fully saturated rings. The molecule has 0 bridgehead atoms. The van der Waals surface area contributed by atoms with Crippen molar-refractivity contribution >= 4 is 30.0 Å². The monoisotopic (exact) mass is 554 g/mol. The van der Waals surface area contributed by atoms with Gasteiger partial charge in [0.15, 0.2) is 36.1 Å². The number of benzene rings is 1. The Labute approximate surface area is 226 Å². The van der Waals surface area contributed by atoms with Gasteiger partial charge < -0.3 is 42.6 Å². The summed E-state index contributed by atoms with van der Waals surface area (Å²) in [5, 5.41) is 0. The Balaban J connectivity index is 2.32. The van der Waals surface area contributed by atoms with Crippen LogP contribution in [0, 0.1) is 0 Å². The van der Waals surface area contributed by atoms with E-state index in [1.807, 2.05) is 0 Å². The van der Waals surface area contributed by atoms with Crippen LogP contribution >= 0.6 is 0 Å². The third-order valence-electron chi connectivity index (χ3n) is 5.30. The Kier molecular flexibility index (Phi) is 12.0. The van der Waals surface area contributed by atoms with Gasteiger partial charge in [0.05, 0.1) is 27.9 Å². The van der Waals surface area contributed by atoms with Gasteiger partial charge in [-0.1, -0.05) is 12.2 Å². The van der Waals surface area contributed by atoms with Crippen LogP contribution in [0.3, 0.4) is 0 Å². The standard InChI is InChI=1S/C26H34O13/c1-14(27)35-13-21-23(36-15(2)28)24(37-16(3)29)25(38-17(4)30)26(39-21)34-10-8-9-18-11-19(31-5)22(33-7)20(12-18)32-6/h8-9,11-12,21,23-26H,10,13H2,1-7H3/b9-8+/t21?,23-,24?,25?,26-/m1/s1. The maximum atomic E-state index is 11.9.